The highest BCUT2D eigenvalue weighted by Gasteiger charge is 2.14. The van der Waals surface area contributed by atoms with Gasteiger partial charge in [-0.05, 0) is 52.0 Å². The SMILES string of the molecule is CC(C)N(NC(=S)Oc1ccccc1)C(C)C. The van der Waals surface area contributed by atoms with Crippen molar-refractivity contribution >= 4 is 17.4 Å². The number of ether oxygens (including phenoxy) is 1. The first-order chi connectivity index (χ1) is 8.00. The highest BCUT2D eigenvalue weighted by molar-refractivity contribution is 7.80. The Bertz CT molecular complexity index is 344. The number of benzene rings is 1. The molecule has 0 radical (unpaired) electrons. The van der Waals surface area contributed by atoms with Gasteiger partial charge in [0.2, 0.25) is 0 Å². The number of hydrazine groups is 1. The normalized spacial score (nSPS) is 11.0. The first kappa shape index (κ1) is 13.9. The molecule has 1 N–H and O–H groups in total. The third kappa shape index (κ3) is 4.71. The van der Waals surface area contributed by atoms with E-state index in [0.29, 0.717) is 17.3 Å². The molecule has 1 rings (SSSR count). The van der Waals surface area contributed by atoms with Gasteiger partial charge < -0.3 is 4.74 Å². The van der Waals surface area contributed by atoms with Crippen molar-refractivity contribution in [2.75, 3.05) is 0 Å². The summed E-state index contributed by atoms with van der Waals surface area (Å²) in [4.78, 5) is 0. The van der Waals surface area contributed by atoms with Crippen LogP contribution in [0.3, 0.4) is 0 Å². The monoisotopic (exact) mass is 252 g/mol. The Labute approximate surface area is 109 Å². The maximum atomic E-state index is 5.52. The molecule has 0 amide bonds. The predicted molar refractivity (Wildman–Crippen MR) is 74.9 cm³/mol. The van der Waals surface area contributed by atoms with Gasteiger partial charge in [0.25, 0.3) is 5.17 Å². The molecule has 0 fully saturated rings. The van der Waals surface area contributed by atoms with Gasteiger partial charge in [0.15, 0.2) is 0 Å². The van der Waals surface area contributed by atoms with Crippen LogP contribution < -0.4 is 10.2 Å². The molecule has 1 aromatic carbocycles. The van der Waals surface area contributed by atoms with Crippen molar-refractivity contribution in [1.29, 1.82) is 0 Å². The summed E-state index contributed by atoms with van der Waals surface area (Å²) in [6, 6.07) is 10.2. The van der Waals surface area contributed by atoms with Crippen LogP contribution in [-0.2, 0) is 0 Å². The molecule has 4 heteroatoms. The summed E-state index contributed by atoms with van der Waals surface area (Å²) in [5.41, 5.74) is 3.11. The number of rotatable bonds is 4. The van der Waals surface area contributed by atoms with E-state index in [2.05, 4.69) is 38.1 Å². The Hall–Kier alpha value is -1.13. The lowest BCUT2D eigenvalue weighted by atomic mass is 10.3. The van der Waals surface area contributed by atoms with Crippen LogP contribution in [-0.4, -0.2) is 22.3 Å². The Morgan fingerprint density at radius 2 is 1.65 bits per heavy atom. The van der Waals surface area contributed by atoms with E-state index in [1.807, 2.05) is 30.3 Å². The molecule has 0 aliphatic rings. The number of para-hydroxylation sites is 1. The van der Waals surface area contributed by atoms with E-state index in [4.69, 9.17) is 17.0 Å². The zero-order chi connectivity index (χ0) is 12.8. The van der Waals surface area contributed by atoms with Gasteiger partial charge in [0.05, 0.1) is 0 Å². The highest BCUT2D eigenvalue weighted by Crippen LogP contribution is 2.09. The molecule has 0 unspecified atom stereocenters. The standard InChI is InChI=1S/C13H20N2OS/c1-10(2)15(11(3)4)14-13(17)16-12-8-6-5-7-9-12/h5-11H,1-4H3,(H,14,17). The Balaban J connectivity index is 2.54. The molecule has 0 spiro atoms. The molecule has 0 bridgehead atoms. The summed E-state index contributed by atoms with van der Waals surface area (Å²) in [7, 11) is 0. The molecule has 0 aromatic heterocycles. The minimum Gasteiger partial charge on any atom is -0.431 e. The van der Waals surface area contributed by atoms with Crippen molar-refractivity contribution in [2.45, 2.75) is 39.8 Å². The molecule has 0 aliphatic carbocycles. The molecular weight excluding hydrogens is 232 g/mol. The molecule has 1 aromatic rings. The summed E-state index contributed by atoms with van der Waals surface area (Å²) in [6.45, 7) is 8.44. The van der Waals surface area contributed by atoms with Crippen molar-refractivity contribution in [3.05, 3.63) is 30.3 Å². The van der Waals surface area contributed by atoms with Crippen LogP contribution in [0, 0.1) is 0 Å². The molecule has 0 atom stereocenters. The zero-order valence-electron chi connectivity index (χ0n) is 10.8. The van der Waals surface area contributed by atoms with Crippen molar-refractivity contribution < 1.29 is 4.74 Å². The van der Waals surface area contributed by atoms with E-state index in [0.717, 1.165) is 5.75 Å². The largest absolute Gasteiger partial charge is 0.431 e. The number of nitrogens with zero attached hydrogens (tertiary/aromatic N) is 1. The Kier molecular flexibility index (Phi) is 5.38. The van der Waals surface area contributed by atoms with Gasteiger partial charge in [-0.25, -0.2) is 5.01 Å². The minimum atomic E-state index is 0.354. The van der Waals surface area contributed by atoms with Crippen molar-refractivity contribution in [1.82, 2.24) is 10.4 Å². The van der Waals surface area contributed by atoms with Crippen LogP contribution in [0.1, 0.15) is 27.7 Å². The molecule has 0 saturated heterocycles. The molecule has 0 heterocycles. The smallest absolute Gasteiger partial charge is 0.277 e. The molecule has 0 saturated carbocycles. The summed E-state index contributed by atoms with van der Waals surface area (Å²) >= 11 is 5.18. The maximum absolute atomic E-state index is 5.52. The van der Waals surface area contributed by atoms with Crippen molar-refractivity contribution in [3.8, 4) is 5.75 Å². The van der Waals surface area contributed by atoms with Gasteiger partial charge in [-0.15, -0.1) is 0 Å². The molecule has 0 aliphatic heterocycles. The zero-order valence-corrected chi connectivity index (χ0v) is 11.6. The predicted octanol–water partition coefficient (Wildman–Crippen LogP) is 2.97. The summed E-state index contributed by atoms with van der Waals surface area (Å²) < 4.78 is 5.52. The third-order valence-corrected chi connectivity index (χ3v) is 2.46. The van der Waals surface area contributed by atoms with Gasteiger partial charge >= 0.3 is 0 Å². The van der Waals surface area contributed by atoms with Crippen LogP contribution in [0.4, 0.5) is 0 Å². The second-order valence-corrected chi connectivity index (χ2v) is 4.78. The number of thiocarbonyl (C=S) groups is 1. The van der Waals surface area contributed by atoms with E-state index in [-0.39, 0.29) is 0 Å². The Morgan fingerprint density at radius 3 is 2.12 bits per heavy atom. The van der Waals surface area contributed by atoms with Crippen LogP contribution in [0.2, 0.25) is 0 Å². The van der Waals surface area contributed by atoms with Gasteiger partial charge in [0, 0.05) is 12.1 Å². The molecule has 3 nitrogen and oxygen atoms in total. The average molecular weight is 252 g/mol. The third-order valence-electron chi connectivity index (χ3n) is 2.29. The lowest BCUT2D eigenvalue weighted by Gasteiger charge is -2.31. The minimum absolute atomic E-state index is 0.354. The maximum Gasteiger partial charge on any atom is 0.277 e. The van der Waals surface area contributed by atoms with Crippen LogP contribution in [0.25, 0.3) is 0 Å². The van der Waals surface area contributed by atoms with Crippen molar-refractivity contribution in [3.63, 3.8) is 0 Å². The van der Waals surface area contributed by atoms with Crippen LogP contribution >= 0.6 is 12.2 Å². The lowest BCUT2D eigenvalue weighted by molar-refractivity contribution is 0.132. The lowest BCUT2D eigenvalue weighted by Crippen LogP contribution is -2.50. The van der Waals surface area contributed by atoms with Gasteiger partial charge in [0.1, 0.15) is 5.75 Å². The second-order valence-electron chi connectivity index (χ2n) is 4.41. The highest BCUT2D eigenvalue weighted by atomic mass is 32.1. The van der Waals surface area contributed by atoms with Crippen LogP contribution in [0.15, 0.2) is 30.3 Å². The summed E-state index contributed by atoms with van der Waals surface area (Å²) in [5, 5.41) is 2.43. The fourth-order valence-corrected chi connectivity index (χ4v) is 1.78. The number of nitrogens with one attached hydrogen (secondary N) is 1. The second kappa shape index (κ2) is 6.57. The first-order valence-electron chi connectivity index (χ1n) is 5.82. The topological polar surface area (TPSA) is 24.5 Å². The van der Waals surface area contributed by atoms with E-state index in [1.54, 1.807) is 0 Å². The molecule has 17 heavy (non-hydrogen) atoms. The van der Waals surface area contributed by atoms with E-state index < -0.39 is 0 Å². The quantitative estimate of drug-likeness (QED) is 0.658. The molecule has 94 valence electrons. The van der Waals surface area contributed by atoms with Gasteiger partial charge in [-0.3, -0.25) is 5.43 Å². The van der Waals surface area contributed by atoms with Gasteiger partial charge in [-0.2, -0.15) is 0 Å². The van der Waals surface area contributed by atoms with E-state index in [9.17, 15) is 0 Å². The van der Waals surface area contributed by atoms with Gasteiger partial charge in [-0.1, -0.05) is 18.2 Å². The van der Waals surface area contributed by atoms with Crippen molar-refractivity contribution in [2.24, 2.45) is 0 Å². The summed E-state index contributed by atoms with van der Waals surface area (Å²) in [5.74, 6) is 0.748. The van der Waals surface area contributed by atoms with Crippen LogP contribution in [0.5, 0.6) is 5.75 Å². The Morgan fingerprint density at radius 1 is 1.12 bits per heavy atom. The molecular formula is C13H20N2OS. The average Bonchev–Trinajstić information content (AvgIpc) is 2.26. The fourth-order valence-electron chi connectivity index (χ4n) is 1.58. The van der Waals surface area contributed by atoms with E-state index in [1.165, 1.54) is 0 Å². The first-order valence-corrected chi connectivity index (χ1v) is 6.23. The summed E-state index contributed by atoms with van der Waals surface area (Å²) in [6.07, 6.45) is 0. The fraction of sp³-hybridized carbons (Fsp3) is 0.462. The number of hydrogen-bond donors (Lipinski definition) is 1. The number of hydrogen-bond acceptors (Lipinski definition) is 3. The van der Waals surface area contributed by atoms with E-state index >= 15 is 0 Å².